The molecule has 1 aromatic heterocycles. The van der Waals surface area contributed by atoms with Crippen LogP contribution in [-0.4, -0.2) is 24.7 Å². The number of aryl methyl sites for hydroxylation is 1. The zero-order valence-corrected chi connectivity index (χ0v) is 17.6. The molecule has 23 heavy (non-hydrogen) atoms. The fourth-order valence-electron chi connectivity index (χ4n) is 2.26. The predicted octanol–water partition coefficient (Wildman–Crippen LogP) is 4.13. The van der Waals surface area contributed by atoms with Crippen LogP contribution in [0.25, 0.3) is 0 Å². The van der Waals surface area contributed by atoms with E-state index in [2.05, 4.69) is 48.5 Å². The predicted molar refractivity (Wildman–Crippen MR) is 107 cm³/mol. The number of nitrogens with zero attached hydrogens (tertiary/aromatic N) is 2. The number of hydrogen-bond acceptors (Lipinski definition) is 3. The highest BCUT2D eigenvalue weighted by Crippen LogP contribution is 2.22. The van der Waals surface area contributed by atoms with E-state index < -0.39 is 0 Å². The van der Waals surface area contributed by atoms with Gasteiger partial charge < -0.3 is 15.2 Å². The van der Waals surface area contributed by atoms with Gasteiger partial charge in [-0.2, -0.15) is 0 Å². The molecule has 0 aliphatic carbocycles. The van der Waals surface area contributed by atoms with Crippen LogP contribution in [0.3, 0.4) is 0 Å². The zero-order chi connectivity index (χ0) is 16.4. The lowest BCUT2D eigenvalue weighted by molar-refractivity contribution is 0.318. The Morgan fingerprint density at radius 1 is 1.26 bits per heavy atom. The number of rotatable bonds is 9. The van der Waals surface area contributed by atoms with Gasteiger partial charge in [-0.05, 0) is 18.3 Å². The molecule has 0 radical (unpaired) electrons. The summed E-state index contributed by atoms with van der Waals surface area (Å²) in [5.74, 6) is 1.64. The highest BCUT2D eigenvalue weighted by molar-refractivity contribution is 14.0. The Hall–Kier alpha value is -0.790. The van der Waals surface area contributed by atoms with Crippen LogP contribution >= 0.6 is 24.0 Å². The molecule has 0 spiro atoms. The molecule has 0 amide bonds. The third-order valence-electron chi connectivity index (χ3n) is 3.82. The van der Waals surface area contributed by atoms with Gasteiger partial charge in [-0.25, -0.2) is 0 Å². The second kappa shape index (κ2) is 11.7. The van der Waals surface area contributed by atoms with Crippen molar-refractivity contribution in [2.24, 2.45) is 10.4 Å². The van der Waals surface area contributed by atoms with Crippen LogP contribution < -0.4 is 10.6 Å². The van der Waals surface area contributed by atoms with Crippen molar-refractivity contribution in [3.8, 4) is 0 Å². The maximum Gasteiger partial charge on any atom is 0.191 e. The molecule has 0 saturated heterocycles. The summed E-state index contributed by atoms with van der Waals surface area (Å²) >= 11 is 0. The van der Waals surface area contributed by atoms with Crippen molar-refractivity contribution in [1.29, 1.82) is 0 Å². The van der Waals surface area contributed by atoms with Gasteiger partial charge in [0.2, 0.25) is 0 Å². The van der Waals surface area contributed by atoms with Crippen LogP contribution in [-0.2, 0) is 13.0 Å². The molecule has 0 unspecified atom stereocenters. The molecular weight excluding hydrogens is 403 g/mol. The maximum absolute atomic E-state index is 5.27. The number of aliphatic imine (C=N–C) groups is 1. The first-order valence-corrected chi connectivity index (χ1v) is 8.39. The Morgan fingerprint density at radius 2 is 2.00 bits per heavy atom. The summed E-state index contributed by atoms with van der Waals surface area (Å²) < 4.78 is 5.27. The van der Waals surface area contributed by atoms with Crippen molar-refractivity contribution in [3.63, 3.8) is 0 Å². The summed E-state index contributed by atoms with van der Waals surface area (Å²) in [7, 11) is 1.79. The first-order valence-electron chi connectivity index (χ1n) is 8.39. The molecule has 0 aliphatic rings. The van der Waals surface area contributed by atoms with Crippen LogP contribution in [0, 0.1) is 5.41 Å². The van der Waals surface area contributed by atoms with Crippen molar-refractivity contribution < 1.29 is 4.52 Å². The molecular formula is C17H33IN4O. The lowest BCUT2D eigenvalue weighted by Crippen LogP contribution is -2.41. The molecule has 5 nitrogen and oxygen atoms in total. The monoisotopic (exact) mass is 436 g/mol. The molecule has 0 bridgehead atoms. The van der Waals surface area contributed by atoms with E-state index in [9.17, 15) is 0 Å². The normalized spacial score (nSPS) is 12.0. The topological polar surface area (TPSA) is 62.5 Å². The Bertz CT molecular complexity index is 457. The van der Waals surface area contributed by atoms with Gasteiger partial charge in [0, 0.05) is 19.7 Å². The maximum atomic E-state index is 5.27. The van der Waals surface area contributed by atoms with Gasteiger partial charge in [0.1, 0.15) is 0 Å². The summed E-state index contributed by atoms with van der Waals surface area (Å²) in [5.41, 5.74) is 1.26. The quantitative estimate of drug-likeness (QED) is 0.265. The molecule has 1 heterocycles. The van der Waals surface area contributed by atoms with Crippen LogP contribution in [0.1, 0.15) is 64.8 Å². The second-order valence-electron chi connectivity index (χ2n) is 6.54. The average molecular weight is 436 g/mol. The van der Waals surface area contributed by atoms with Crippen molar-refractivity contribution >= 4 is 29.9 Å². The van der Waals surface area contributed by atoms with Gasteiger partial charge in [0.25, 0.3) is 0 Å². The third kappa shape index (κ3) is 9.17. The van der Waals surface area contributed by atoms with E-state index in [1.54, 1.807) is 7.05 Å². The molecule has 2 N–H and O–H groups in total. The van der Waals surface area contributed by atoms with Crippen molar-refractivity contribution in [2.75, 3.05) is 13.6 Å². The summed E-state index contributed by atoms with van der Waals surface area (Å²) in [6.45, 7) is 10.4. The SMILES string of the molecule is CCCCCC(C)(C)CNC(=NC)NCc1cc(CC)no1.I. The molecule has 134 valence electrons. The highest BCUT2D eigenvalue weighted by Gasteiger charge is 2.17. The van der Waals surface area contributed by atoms with Crippen LogP contribution in [0.4, 0.5) is 0 Å². The van der Waals surface area contributed by atoms with Crippen LogP contribution in [0.5, 0.6) is 0 Å². The molecule has 6 heteroatoms. The van der Waals surface area contributed by atoms with Gasteiger partial charge in [0.05, 0.1) is 12.2 Å². The minimum Gasteiger partial charge on any atom is -0.359 e. The second-order valence-corrected chi connectivity index (χ2v) is 6.54. The zero-order valence-electron chi connectivity index (χ0n) is 15.2. The Labute approximate surface area is 158 Å². The van der Waals surface area contributed by atoms with E-state index in [-0.39, 0.29) is 29.4 Å². The first-order chi connectivity index (χ1) is 10.5. The Morgan fingerprint density at radius 3 is 2.57 bits per heavy atom. The van der Waals surface area contributed by atoms with Crippen molar-refractivity contribution in [3.05, 3.63) is 17.5 Å². The number of unbranched alkanes of at least 4 members (excludes halogenated alkanes) is 2. The average Bonchev–Trinajstić information content (AvgIpc) is 2.95. The highest BCUT2D eigenvalue weighted by atomic mass is 127. The van der Waals surface area contributed by atoms with Gasteiger partial charge in [-0.1, -0.05) is 52.1 Å². The van der Waals surface area contributed by atoms with Crippen LogP contribution in [0.2, 0.25) is 0 Å². The standard InChI is InChI=1S/C17H32N4O.HI/c1-6-8-9-10-17(3,4)13-20-16(18-5)19-12-15-11-14(7-2)21-22-15;/h11H,6-10,12-13H2,1-5H3,(H2,18,19,20);1H. The van der Waals surface area contributed by atoms with Gasteiger partial charge in [-0.3, -0.25) is 4.99 Å². The van der Waals surface area contributed by atoms with Gasteiger partial charge in [0.15, 0.2) is 11.7 Å². The Balaban J connectivity index is 0.00000484. The minimum atomic E-state index is 0. The molecule has 1 rings (SSSR count). The van der Waals surface area contributed by atoms with E-state index in [0.717, 1.165) is 30.4 Å². The fourth-order valence-corrected chi connectivity index (χ4v) is 2.26. The molecule has 0 aliphatic heterocycles. The van der Waals surface area contributed by atoms with Crippen molar-refractivity contribution in [1.82, 2.24) is 15.8 Å². The molecule has 0 atom stereocenters. The number of aromatic nitrogens is 1. The molecule has 0 saturated carbocycles. The number of guanidine groups is 1. The van der Waals surface area contributed by atoms with E-state index in [0.29, 0.717) is 6.54 Å². The lowest BCUT2D eigenvalue weighted by Gasteiger charge is -2.26. The van der Waals surface area contributed by atoms with E-state index in [4.69, 9.17) is 4.52 Å². The summed E-state index contributed by atoms with van der Waals surface area (Å²) in [6.07, 6.45) is 5.98. The fraction of sp³-hybridized carbons (Fsp3) is 0.765. The van der Waals surface area contributed by atoms with Crippen LogP contribution in [0.15, 0.2) is 15.6 Å². The summed E-state index contributed by atoms with van der Waals surface area (Å²) in [4.78, 5) is 4.26. The molecule has 0 aromatic carbocycles. The van der Waals surface area contributed by atoms with Gasteiger partial charge in [-0.15, -0.1) is 24.0 Å². The van der Waals surface area contributed by atoms with Gasteiger partial charge >= 0.3 is 0 Å². The molecule has 0 fully saturated rings. The lowest BCUT2D eigenvalue weighted by atomic mass is 9.87. The largest absolute Gasteiger partial charge is 0.359 e. The summed E-state index contributed by atoms with van der Waals surface area (Å²) in [5, 5.41) is 10.7. The first kappa shape index (κ1) is 22.2. The number of halogens is 1. The Kier molecular flexibility index (Phi) is 11.3. The smallest absolute Gasteiger partial charge is 0.191 e. The minimum absolute atomic E-state index is 0. The van der Waals surface area contributed by atoms with E-state index in [1.165, 1.54) is 25.7 Å². The summed E-state index contributed by atoms with van der Waals surface area (Å²) in [6, 6.07) is 1.98. The number of hydrogen-bond donors (Lipinski definition) is 2. The molecule has 1 aromatic rings. The van der Waals surface area contributed by atoms with E-state index >= 15 is 0 Å². The van der Waals surface area contributed by atoms with E-state index in [1.807, 2.05) is 6.07 Å². The number of nitrogens with one attached hydrogen (secondary N) is 2. The van der Waals surface area contributed by atoms with Crippen molar-refractivity contribution in [2.45, 2.75) is 66.3 Å². The third-order valence-corrected chi connectivity index (χ3v) is 3.82.